The Balaban J connectivity index is 1.81. The second-order valence-electron chi connectivity index (χ2n) is 12.0. The number of hydrogen-bond acceptors (Lipinski definition) is 6. The fourth-order valence-electron chi connectivity index (χ4n) is 5.85. The van der Waals surface area contributed by atoms with E-state index in [-0.39, 0.29) is 36.7 Å². The van der Waals surface area contributed by atoms with Crippen molar-refractivity contribution in [2.45, 2.75) is 76.5 Å². The minimum absolute atomic E-state index is 0.0551. The van der Waals surface area contributed by atoms with Crippen molar-refractivity contribution in [1.82, 2.24) is 15.1 Å². The average molecular weight is 689 g/mol. The van der Waals surface area contributed by atoms with Crippen molar-refractivity contribution in [2.75, 3.05) is 32.7 Å². The lowest BCUT2D eigenvalue weighted by molar-refractivity contribution is -0.148. The van der Waals surface area contributed by atoms with Crippen LogP contribution in [0, 0.1) is 5.92 Å². The fraction of sp³-hybridized carbons (Fsp3) is 0.562. The number of amides is 2. The Bertz CT molecular complexity index is 1250. The van der Waals surface area contributed by atoms with Crippen LogP contribution in [-0.2, 0) is 9.59 Å². The SMILES string of the molecule is CC(C)C[C@@H]1CN(C(=O)C[C@@H](N)c2ccc(Cl)cc2Cl)[C@@H](CCCCNCCN)CN1C(=O)C[C@@H](N)c1ccc(Cl)cc1Cl. The normalized spacial score (nSPS) is 18.5. The van der Waals surface area contributed by atoms with Gasteiger partial charge in [0.1, 0.15) is 0 Å². The van der Waals surface area contributed by atoms with Gasteiger partial charge in [0.2, 0.25) is 11.8 Å². The summed E-state index contributed by atoms with van der Waals surface area (Å²) in [5, 5.41) is 5.21. The van der Waals surface area contributed by atoms with Gasteiger partial charge in [-0.2, -0.15) is 0 Å². The molecule has 4 atom stereocenters. The molecule has 1 heterocycles. The Morgan fingerprint density at radius 3 is 1.80 bits per heavy atom. The first-order valence-electron chi connectivity index (χ1n) is 15.3. The van der Waals surface area contributed by atoms with E-state index < -0.39 is 12.1 Å². The Morgan fingerprint density at radius 1 is 0.818 bits per heavy atom. The van der Waals surface area contributed by atoms with Gasteiger partial charge in [-0.3, -0.25) is 9.59 Å². The quantitative estimate of drug-likeness (QED) is 0.171. The summed E-state index contributed by atoms with van der Waals surface area (Å²) in [6.07, 6.45) is 3.51. The van der Waals surface area contributed by atoms with Crippen molar-refractivity contribution in [3.05, 3.63) is 67.6 Å². The van der Waals surface area contributed by atoms with Crippen molar-refractivity contribution in [3.8, 4) is 0 Å². The maximum Gasteiger partial charge on any atom is 0.224 e. The predicted molar refractivity (Wildman–Crippen MR) is 182 cm³/mol. The Kier molecular flexibility index (Phi) is 15.0. The van der Waals surface area contributed by atoms with Crippen LogP contribution in [0.2, 0.25) is 20.1 Å². The molecule has 0 aromatic heterocycles. The average Bonchev–Trinajstić information content (AvgIpc) is 2.94. The summed E-state index contributed by atoms with van der Waals surface area (Å²) in [5.74, 6) is 0.202. The van der Waals surface area contributed by atoms with Crippen LogP contribution in [0.3, 0.4) is 0 Å². The zero-order chi connectivity index (χ0) is 32.4. The second-order valence-corrected chi connectivity index (χ2v) is 13.7. The van der Waals surface area contributed by atoms with Gasteiger partial charge in [-0.15, -0.1) is 0 Å². The fourth-order valence-corrected chi connectivity index (χ4v) is 6.94. The summed E-state index contributed by atoms with van der Waals surface area (Å²) in [6.45, 7) is 7.27. The summed E-state index contributed by atoms with van der Waals surface area (Å²) in [7, 11) is 0. The molecule has 0 radical (unpaired) electrons. The third-order valence-electron chi connectivity index (χ3n) is 8.06. The number of unbranched alkanes of at least 4 members (excludes halogenated alkanes) is 1. The van der Waals surface area contributed by atoms with Gasteiger partial charge >= 0.3 is 0 Å². The Labute approximate surface area is 281 Å². The second kappa shape index (κ2) is 17.9. The van der Waals surface area contributed by atoms with E-state index in [0.29, 0.717) is 56.8 Å². The van der Waals surface area contributed by atoms with E-state index in [1.165, 1.54) is 0 Å². The van der Waals surface area contributed by atoms with Gasteiger partial charge in [-0.25, -0.2) is 0 Å². The van der Waals surface area contributed by atoms with E-state index in [2.05, 4.69) is 19.2 Å². The lowest BCUT2D eigenvalue weighted by atomic mass is 9.93. The van der Waals surface area contributed by atoms with Crippen molar-refractivity contribution in [3.63, 3.8) is 0 Å². The minimum Gasteiger partial charge on any atom is -0.336 e. The van der Waals surface area contributed by atoms with Gasteiger partial charge in [0.15, 0.2) is 0 Å². The molecule has 0 spiro atoms. The number of nitrogens with one attached hydrogen (secondary N) is 1. The lowest BCUT2D eigenvalue weighted by Crippen LogP contribution is -2.61. The molecule has 0 aliphatic carbocycles. The van der Waals surface area contributed by atoms with Crippen molar-refractivity contribution in [2.24, 2.45) is 23.1 Å². The monoisotopic (exact) mass is 686 g/mol. The third-order valence-corrected chi connectivity index (χ3v) is 9.18. The molecule has 2 aromatic carbocycles. The topological polar surface area (TPSA) is 131 Å². The van der Waals surface area contributed by atoms with E-state index >= 15 is 0 Å². The molecule has 0 bridgehead atoms. The van der Waals surface area contributed by atoms with Gasteiger partial charge in [0, 0.05) is 83.3 Å². The molecule has 1 saturated heterocycles. The smallest absolute Gasteiger partial charge is 0.224 e. The maximum absolute atomic E-state index is 13.9. The molecular weight excluding hydrogens is 642 g/mol. The minimum atomic E-state index is -0.585. The largest absolute Gasteiger partial charge is 0.336 e. The molecule has 0 unspecified atom stereocenters. The van der Waals surface area contributed by atoms with Crippen LogP contribution in [0.5, 0.6) is 0 Å². The number of carbonyl (C=O) groups is 2. The molecule has 12 heteroatoms. The van der Waals surface area contributed by atoms with Gasteiger partial charge in [0.05, 0.1) is 0 Å². The standard InChI is InChI=1S/C32H46Cl4N6O2/c1-20(2)13-24-19-41(31(43)16-29(38)25-8-6-21(33)14-27(25)35)23(5-3-4-11-40-12-10-37)18-42(24)32(44)17-30(39)26-9-7-22(34)15-28(26)36/h6-9,14-15,20,23-24,29-30,40H,3-5,10-13,16-19,37-39H2,1-2H3/t23-,24+,29+,30+/m0/s1. The van der Waals surface area contributed by atoms with Crippen LogP contribution >= 0.6 is 46.4 Å². The molecule has 1 aliphatic heterocycles. The van der Waals surface area contributed by atoms with Gasteiger partial charge < -0.3 is 32.3 Å². The van der Waals surface area contributed by atoms with Crippen molar-refractivity contribution < 1.29 is 9.59 Å². The highest BCUT2D eigenvalue weighted by molar-refractivity contribution is 6.35. The molecule has 3 rings (SSSR count). The predicted octanol–water partition coefficient (Wildman–Crippen LogP) is 5.95. The molecule has 7 N–H and O–H groups in total. The zero-order valence-electron chi connectivity index (χ0n) is 25.6. The summed E-state index contributed by atoms with van der Waals surface area (Å²) in [6, 6.07) is 8.76. The first-order chi connectivity index (χ1) is 20.9. The summed E-state index contributed by atoms with van der Waals surface area (Å²) < 4.78 is 0. The van der Waals surface area contributed by atoms with E-state index in [1.54, 1.807) is 36.4 Å². The van der Waals surface area contributed by atoms with Crippen LogP contribution in [0.1, 0.15) is 75.6 Å². The molecule has 2 amide bonds. The number of nitrogens with zero attached hydrogens (tertiary/aromatic N) is 2. The molecule has 1 fully saturated rings. The number of benzene rings is 2. The van der Waals surface area contributed by atoms with Crippen molar-refractivity contribution >= 4 is 58.2 Å². The molecule has 244 valence electrons. The van der Waals surface area contributed by atoms with Crippen LogP contribution < -0.4 is 22.5 Å². The van der Waals surface area contributed by atoms with E-state index in [9.17, 15) is 9.59 Å². The zero-order valence-corrected chi connectivity index (χ0v) is 28.6. The number of nitrogens with two attached hydrogens (primary N) is 3. The molecular formula is C32H46Cl4N6O2. The van der Waals surface area contributed by atoms with Gasteiger partial charge in [-0.05, 0) is 67.1 Å². The number of carbonyl (C=O) groups excluding carboxylic acids is 2. The molecule has 0 saturated carbocycles. The van der Waals surface area contributed by atoms with Crippen LogP contribution in [0.4, 0.5) is 0 Å². The highest BCUT2D eigenvalue weighted by atomic mass is 35.5. The molecule has 8 nitrogen and oxygen atoms in total. The van der Waals surface area contributed by atoms with E-state index in [4.69, 9.17) is 63.6 Å². The number of halogens is 4. The number of piperazine rings is 1. The van der Waals surface area contributed by atoms with E-state index in [1.807, 2.05) is 9.80 Å². The molecule has 44 heavy (non-hydrogen) atoms. The van der Waals surface area contributed by atoms with Crippen LogP contribution in [-0.4, -0.2) is 66.4 Å². The van der Waals surface area contributed by atoms with E-state index in [0.717, 1.165) is 38.8 Å². The highest BCUT2D eigenvalue weighted by Gasteiger charge is 2.39. The summed E-state index contributed by atoms with van der Waals surface area (Å²) >= 11 is 24.9. The van der Waals surface area contributed by atoms with Crippen LogP contribution in [0.15, 0.2) is 36.4 Å². The Morgan fingerprint density at radius 2 is 1.32 bits per heavy atom. The van der Waals surface area contributed by atoms with Gasteiger partial charge in [0.25, 0.3) is 0 Å². The van der Waals surface area contributed by atoms with Crippen molar-refractivity contribution in [1.29, 1.82) is 0 Å². The lowest BCUT2D eigenvalue weighted by Gasteiger charge is -2.47. The number of rotatable bonds is 15. The van der Waals surface area contributed by atoms with Gasteiger partial charge in [-0.1, -0.05) is 78.8 Å². The maximum atomic E-state index is 13.9. The Hall–Kier alpha value is -1.62. The first kappa shape index (κ1) is 36.8. The number of hydrogen-bond donors (Lipinski definition) is 4. The third kappa shape index (κ3) is 10.7. The summed E-state index contributed by atoms with van der Waals surface area (Å²) in [4.78, 5) is 31.6. The van der Waals surface area contributed by atoms with Crippen LogP contribution in [0.25, 0.3) is 0 Å². The highest BCUT2D eigenvalue weighted by Crippen LogP contribution is 2.32. The molecule has 2 aromatic rings. The summed E-state index contributed by atoms with van der Waals surface area (Å²) in [5.41, 5.74) is 19.9. The first-order valence-corrected chi connectivity index (χ1v) is 16.8. The molecule has 1 aliphatic rings.